The number of carbonyl (C=O) groups is 2. The smallest absolute Gasteiger partial charge is 0.324 e. The Morgan fingerprint density at radius 3 is 2.77 bits per heavy atom. The second-order valence-electron chi connectivity index (χ2n) is 7.63. The molecule has 1 aromatic heterocycles. The lowest BCUT2D eigenvalue weighted by molar-refractivity contribution is -0.118. The van der Waals surface area contributed by atoms with E-state index in [4.69, 9.17) is 4.74 Å². The van der Waals surface area contributed by atoms with Crippen LogP contribution in [0, 0.1) is 11.7 Å². The first-order valence-electron chi connectivity index (χ1n) is 9.97. The van der Waals surface area contributed by atoms with Crippen LogP contribution in [-0.4, -0.2) is 60.7 Å². The average molecular weight is 444 g/mol. The van der Waals surface area contributed by atoms with Gasteiger partial charge in [0.25, 0.3) is 5.88 Å². The molecule has 3 amide bonds. The fraction of sp³-hybridized carbons (Fsp3) is 0.667. The molecular formula is C18H26FN5O5S. The number of carbonyl (C=O) groups excluding carboxylic acids is 2. The number of nitrogens with one attached hydrogen (secondary N) is 2. The molecule has 2 N–H and O–H groups in total. The van der Waals surface area contributed by atoms with Gasteiger partial charge in [0.2, 0.25) is 21.7 Å². The molecule has 0 radical (unpaired) electrons. The molecule has 0 spiro atoms. The molecule has 1 aliphatic carbocycles. The quantitative estimate of drug-likeness (QED) is 0.365. The highest BCUT2D eigenvalue weighted by Crippen LogP contribution is 2.29. The molecule has 2 fully saturated rings. The molecule has 1 aromatic rings. The van der Waals surface area contributed by atoms with Gasteiger partial charge in [-0.1, -0.05) is 6.42 Å². The minimum Gasteiger partial charge on any atom is -0.475 e. The molecule has 1 saturated carbocycles. The zero-order valence-corrected chi connectivity index (χ0v) is 17.6. The average Bonchev–Trinajstić information content (AvgIpc) is 3.44. The number of hydrogen-bond donors (Lipinski definition) is 2. The molecule has 0 bridgehead atoms. The summed E-state index contributed by atoms with van der Waals surface area (Å²) in [6.07, 6.45) is 4.66. The number of sulfonamides is 1. The molecule has 12 heteroatoms. The number of ether oxygens (including phenoxy) is 1. The van der Waals surface area contributed by atoms with Gasteiger partial charge in [-0.2, -0.15) is 9.37 Å². The van der Waals surface area contributed by atoms with E-state index in [2.05, 4.69) is 20.0 Å². The first-order chi connectivity index (χ1) is 14.2. The van der Waals surface area contributed by atoms with E-state index in [-0.39, 0.29) is 29.9 Å². The summed E-state index contributed by atoms with van der Waals surface area (Å²) in [5.41, 5.74) is 0. The maximum Gasteiger partial charge on any atom is 0.324 e. The van der Waals surface area contributed by atoms with Gasteiger partial charge in [-0.15, -0.1) is 0 Å². The molecule has 1 aliphatic heterocycles. The number of halogens is 1. The maximum absolute atomic E-state index is 13.8. The van der Waals surface area contributed by atoms with Crippen LogP contribution in [0.3, 0.4) is 0 Å². The third-order valence-electron chi connectivity index (χ3n) is 4.84. The Labute approximate surface area is 174 Å². The highest BCUT2D eigenvalue weighted by atomic mass is 32.2. The summed E-state index contributed by atoms with van der Waals surface area (Å²) in [7, 11) is -3.60. The van der Waals surface area contributed by atoms with Crippen LogP contribution in [0.1, 0.15) is 50.9 Å². The Morgan fingerprint density at radius 2 is 2.10 bits per heavy atom. The minimum atomic E-state index is -3.60. The van der Waals surface area contributed by atoms with Crippen molar-refractivity contribution in [3.8, 4) is 5.88 Å². The predicted molar refractivity (Wildman–Crippen MR) is 105 cm³/mol. The van der Waals surface area contributed by atoms with E-state index in [0.717, 1.165) is 19.0 Å². The normalized spacial score (nSPS) is 17.9. The molecule has 10 nitrogen and oxygen atoms in total. The van der Waals surface area contributed by atoms with Crippen LogP contribution in [-0.2, 0) is 14.8 Å². The van der Waals surface area contributed by atoms with Crippen molar-refractivity contribution < 1.29 is 27.1 Å². The molecule has 3 rings (SSSR count). The zero-order valence-electron chi connectivity index (χ0n) is 16.8. The van der Waals surface area contributed by atoms with Crippen molar-refractivity contribution in [3.63, 3.8) is 0 Å². The fourth-order valence-electron chi connectivity index (χ4n) is 2.97. The third kappa shape index (κ3) is 6.59. The first-order valence-corrected chi connectivity index (χ1v) is 11.6. The predicted octanol–water partition coefficient (Wildman–Crippen LogP) is 1.11. The Balaban J connectivity index is 1.42. The van der Waals surface area contributed by atoms with Crippen molar-refractivity contribution in [1.29, 1.82) is 0 Å². The second-order valence-corrected chi connectivity index (χ2v) is 9.50. The van der Waals surface area contributed by atoms with Crippen LogP contribution in [0.2, 0.25) is 0 Å². The SMILES string of the molecule is C[C@@H](NS(=O)(=O)CCCCCN1CC(=O)NC1=O)c1ncc(F)c(OCC2CC2)n1. The van der Waals surface area contributed by atoms with E-state index in [9.17, 15) is 22.4 Å². The molecule has 1 saturated heterocycles. The van der Waals surface area contributed by atoms with Crippen LogP contribution >= 0.6 is 0 Å². The number of amides is 3. The number of rotatable bonds is 12. The fourth-order valence-corrected chi connectivity index (χ4v) is 4.32. The number of urea groups is 1. The van der Waals surface area contributed by atoms with Gasteiger partial charge in [-0.05, 0) is 38.5 Å². The lowest BCUT2D eigenvalue weighted by Gasteiger charge is -2.15. The highest BCUT2D eigenvalue weighted by Gasteiger charge is 2.26. The number of unbranched alkanes of at least 4 members (excludes halogenated alkanes) is 2. The van der Waals surface area contributed by atoms with Crippen molar-refractivity contribution in [2.45, 2.75) is 45.1 Å². The van der Waals surface area contributed by atoms with Gasteiger partial charge in [0.1, 0.15) is 12.4 Å². The van der Waals surface area contributed by atoms with Gasteiger partial charge in [-0.3, -0.25) is 10.1 Å². The monoisotopic (exact) mass is 443 g/mol. The molecular weight excluding hydrogens is 417 g/mol. The molecule has 2 aliphatic rings. The van der Waals surface area contributed by atoms with E-state index in [1.807, 2.05) is 0 Å². The lowest BCUT2D eigenvalue weighted by atomic mass is 10.2. The third-order valence-corrected chi connectivity index (χ3v) is 6.37. The van der Waals surface area contributed by atoms with Crippen LogP contribution in [0.5, 0.6) is 5.88 Å². The van der Waals surface area contributed by atoms with Gasteiger partial charge < -0.3 is 9.64 Å². The Hall–Kier alpha value is -2.34. The van der Waals surface area contributed by atoms with Crippen LogP contribution in [0.15, 0.2) is 6.20 Å². The summed E-state index contributed by atoms with van der Waals surface area (Å²) in [6.45, 7) is 2.41. The number of nitrogens with zero attached hydrogens (tertiary/aromatic N) is 3. The van der Waals surface area contributed by atoms with Crippen molar-refractivity contribution in [3.05, 3.63) is 17.8 Å². The van der Waals surface area contributed by atoms with E-state index < -0.39 is 27.9 Å². The molecule has 1 atom stereocenters. The largest absolute Gasteiger partial charge is 0.475 e. The van der Waals surface area contributed by atoms with Gasteiger partial charge in [0.15, 0.2) is 0 Å². The van der Waals surface area contributed by atoms with E-state index in [0.29, 0.717) is 38.3 Å². The topological polar surface area (TPSA) is 131 Å². The minimum absolute atomic E-state index is 0.0419. The summed E-state index contributed by atoms with van der Waals surface area (Å²) in [5.74, 6) is -0.709. The van der Waals surface area contributed by atoms with Gasteiger partial charge in [-0.25, -0.2) is 22.9 Å². The summed E-state index contributed by atoms with van der Waals surface area (Å²) >= 11 is 0. The highest BCUT2D eigenvalue weighted by molar-refractivity contribution is 7.89. The maximum atomic E-state index is 13.8. The van der Waals surface area contributed by atoms with E-state index >= 15 is 0 Å². The Morgan fingerprint density at radius 1 is 1.33 bits per heavy atom. The van der Waals surface area contributed by atoms with Crippen LogP contribution in [0.25, 0.3) is 0 Å². The van der Waals surface area contributed by atoms with Gasteiger partial charge in [0, 0.05) is 6.54 Å². The standard InChI is InChI=1S/C18H26FN5O5S/c1-12(16-20-9-14(19)17(22-16)29-11-13-5-6-13)23-30(27,28)8-4-2-3-7-24-10-15(25)21-18(24)26/h9,12-13,23H,2-8,10-11H2,1H3,(H,21,25,26)/t12-/m1/s1. The molecule has 30 heavy (non-hydrogen) atoms. The summed E-state index contributed by atoms with van der Waals surface area (Å²) < 4.78 is 46.3. The van der Waals surface area contributed by atoms with Crippen LogP contribution < -0.4 is 14.8 Å². The molecule has 0 aromatic carbocycles. The molecule has 166 valence electrons. The number of imide groups is 1. The summed E-state index contributed by atoms with van der Waals surface area (Å²) in [6, 6.07) is -1.15. The summed E-state index contributed by atoms with van der Waals surface area (Å²) in [4.78, 5) is 31.8. The van der Waals surface area contributed by atoms with Crippen molar-refractivity contribution in [2.24, 2.45) is 5.92 Å². The Kier molecular flexibility index (Phi) is 7.19. The van der Waals surface area contributed by atoms with Crippen molar-refractivity contribution in [1.82, 2.24) is 24.9 Å². The van der Waals surface area contributed by atoms with E-state index in [1.165, 1.54) is 4.90 Å². The zero-order chi connectivity index (χ0) is 21.7. The summed E-state index contributed by atoms with van der Waals surface area (Å²) in [5, 5.41) is 2.19. The van der Waals surface area contributed by atoms with Crippen LogP contribution in [0.4, 0.5) is 9.18 Å². The van der Waals surface area contributed by atoms with Crippen molar-refractivity contribution >= 4 is 22.0 Å². The Bertz CT molecular complexity index is 893. The second kappa shape index (κ2) is 9.65. The molecule has 2 heterocycles. The van der Waals surface area contributed by atoms with E-state index in [1.54, 1.807) is 6.92 Å². The first kappa shape index (κ1) is 22.3. The molecule has 0 unspecified atom stereocenters. The number of aromatic nitrogens is 2. The van der Waals surface area contributed by atoms with Gasteiger partial charge in [0.05, 0.1) is 24.6 Å². The van der Waals surface area contributed by atoms with Gasteiger partial charge >= 0.3 is 6.03 Å². The lowest BCUT2D eigenvalue weighted by Crippen LogP contribution is -2.31. The number of hydrogen-bond acceptors (Lipinski definition) is 7. The van der Waals surface area contributed by atoms with Crippen molar-refractivity contribution in [2.75, 3.05) is 25.4 Å².